The number of carboxylic acid groups (broad SMARTS) is 1. The van der Waals surface area contributed by atoms with Crippen molar-refractivity contribution >= 4 is 47.2 Å². The number of carbonyl (C=O) groups excluding carboxylic acids is 5. The number of aromatic carboxylic acids is 1. The summed E-state index contributed by atoms with van der Waals surface area (Å²) in [7, 11) is 10.9. The Kier molecular flexibility index (Phi) is 38.0. The molecule has 0 bridgehead atoms. The maximum atomic E-state index is 13.5. The van der Waals surface area contributed by atoms with Gasteiger partial charge in [-0.15, -0.1) is 0 Å². The fraction of sp³-hybridized carbons (Fsp3) is 0.231. The van der Waals surface area contributed by atoms with Crippen LogP contribution in [-0.2, 0) is 74.6 Å². The van der Waals surface area contributed by atoms with Gasteiger partial charge in [-0.2, -0.15) is 0 Å². The van der Waals surface area contributed by atoms with Gasteiger partial charge in [0.25, 0.3) is 17.7 Å². The molecule has 0 aliphatic carbocycles. The van der Waals surface area contributed by atoms with Crippen LogP contribution in [0, 0.1) is 5.92 Å². The first kappa shape index (κ1) is 96.3. The Labute approximate surface area is 758 Å². The molecular formula is C104H107ClN8O16. The molecule has 0 saturated carbocycles. The van der Waals surface area contributed by atoms with Crippen LogP contribution in [0.4, 0.5) is 0 Å². The number of carboxylic acids is 1. The quantitative estimate of drug-likeness (QED) is 0.0352. The summed E-state index contributed by atoms with van der Waals surface area (Å²) in [4.78, 5) is 100. The van der Waals surface area contributed by atoms with Crippen LogP contribution in [-0.4, -0.2) is 156 Å². The third kappa shape index (κ3) is 29.9. The summed E-state index contributed by atoms with van der Waals surface area (Å²) in [6.07, 6.45) is 9.55. The molecule has 24 nitrogen and oxygen atoms in total. The maximum Gasteiger partial charge on any atom is 0.337 e. The number of carbonyl (C=O) groups is 6. The van der Waals surface area contributed by atoms with E-state index < -0.39 is 11.9 Å². The van der Waals surface area contributed by atoms with Crippen molar-refractivity contribution < 1.29 is 76.5 Å². The first-order valence-corrected chi connectivity index (χ1v) is 42.3. The first-order chi connectivity index (χ1) is 62.8. The van der Waals surface area contributed by atoms with Crippen LogP contribution in [0.1, 0.15) is 122 Å². The van der Waals surface area contributed by atoms with E-state index in [1.807, 2.05) is 237 Å². The van der Waals surface area contributed by atoms with Crippen LogP contribution in [0.5, 0.6) is 46.0 Å². The fourth-order valence-corrected chi connectivity index (χ4v) is 13.7. The van der Waals surface area contributed by atoms with E-state index in [1.54, 1.807) is 131 Å². The van der Waals surface area contributed by atoms with Crippen LogP contribution >= 0.6 is 11.6 Å². The molecule has 13 aromatic rings. The van der Waals surface area contributed by atoms with Crippen molar-refractivity contribution in [2.45, 2.75) is 78.9 Å². The number of nitrogens with zero attached hydrogens (tertiary/aromatic N) is 8. The number of ether oxygens (including phenoxy) is 9. The summed E-state index contributed by atoms with van der Waals surface area (Å²) in [5.74, 6) is 3.17. The van der Waals surface area contributed by atoms with Gasteiger partial charge in [-0.3, -0.25) is 39.1 Å². The number of benzene rings is 9. The molecule has 0 radical (unpaired) electrons. The lowest BCUT2D eigenvalue weighted by Crippen LogP contribution is -2.35. The highest BCUT2D eigenvalue weighted by Gasteiger charge is 2.25. The van der Waals surface area contributed by atoms with Crippen LogP contribution in [0.15, 0.2) is 304 Å². The highest BCUT2D eigenvalue weighted by Crippen LogP contribution is 2.34. The van der Waals surface area contributed by atoms with Gasteiger partial charge in [0, 0.05) is 143 Å². The van der Waals surface area contributed by atoms with Crippen molar-refractivity contribution in [3.8, 4) is 46.0 Å². The van der Waals surface area contributed by atoms with Crippen molar-refractivity contribution in [2.24, 2.45) is 5.92 Å². The molecule has 4 heterocycles. The minimum Gasteiger partial charge on any atom is -0.493 e. The molecule has 0 fully saturated rings. The summed E-state index contributed by atoms with van der Waals surface area (Å²) in [5, 5.41) is 9.62. The van der Waals surface area contributed by atoms with Crippen molar-refractivity contribution in [3.63, 3.8) is 0 Å². The summed E-state index contributed by atoms with van der Waals surface area (Å²) in [6.45, 7) is 8.36. The van der Waals surface area contributed by atoms with Crippen molar-refractivity contribution in [1.29, 1.82) is 0 Å². The monoisotopic (exact) mass is 1760 g/mol. The van der Waals surface area contributed by atoms with Gasteiger partial charge in [0.15, 0.2) is 46.0 Å². The molecule has 0 spiro atoms. The van der Waals surface area contributed by atoms with Crippen molar-refractivity contribution in [1.82, 2.24) is 39.5 Å². The zero-order chi connectivity index (χ0) is 91.7. The van der Waals surface area contributed by atoms with Crippen LogP contribution in [0.3, 0.4) is 0 Å². The highest BCUT2D eigenvalue weighted by molar-refractivity contribution is 6.33. The maximum absolute atomic E-state index is 13.5. The Morgan fingerprint density at radius 1 is 0.318 bits per heavy atom. The zero-order valence-electron chi connectivity index (χ0n) is 73.9. The summed E-state index contributed by atoms with van der Waals surface area (Å²) in [5.41, 5.74) is 11.4. The van der Waals surface area contributed by atoms with Gasteiger partial charge in [-0.1, -0.05) is 147 Å². The molecule has 0 unspecified atom stereocenters. The summed E-state index contributed by atoms with van der Waals surface area (Å²) >= 11 is 6.27. The normalized spacial score (nSPS) is 10.5. The van der Waals surface area contributed by atoms with E-state index in [0.29, 0.717) is 158 Å². The molecule has 9 aromatic carbocycles. The van der Waals surface area contributed by atoms with E-state index in [1.165, 1.54) is 19.2 Å². The summed E-state index contributed by atoms with van der Waals surface area (Å²) < 4.78 is 49.2. The SMILES string of the molecule is COC(=O)c1ccc(C(=O)N(CCc2ccccn2)Cc2ccc(OCc3ccccc3)c(OC)c2)cc1.COc1cc(CN(CCc2ccccn2)C(=O)c2ccc(C(=O)O)cc2)ccc1OCc1ccccc1.COc1ccc(CN(CCc2ccccn2)C(=O)C(C)C)cc1OC.COc1ccc(CN(CCc2ccccn2)C(=O)c2ccccc2Cl)cc1OC. The third-order valence-corrected chi connectivity index (χ3v) is 20.8. The van der Waals surface area contributed by atoms with Crippen LogP contribution in [0.25, 0.3) is 0 Å². The molecule has 4 aromatic heterocycles. The van der Waals surface area contributed by atoms with Crippen LogP contribution < -0.4 is 37.9 Å². The average molecular weight is 1760 g/mol. The number of pyridine rings is 4. The van der Waals surface area contributed by atoms with E-state index in [9.17, 15) is 33.9 Å². The predicted octanol–water partition coefficient (Wildman–Crippen LogP) is 18.6. The Balaban J connectivity index is 0.000000181. The molecule has 25 heteroatoms. The largest absolute Gasteiger partial charge is 0.493 e. The van der Waals surface area contributed by atoms with E-state index >= 15 is 0 Å². The molecule has 0 saturated heterocycles. The van der Waals surface area contributed by atoms with E-state index in [4.69, 9.17) is 54.2 Å². The first-order valence-electron chi connectivity index (χ1n) is 41.9. The van der Waals surface area contributed by atoms with E-state index in [-0.39, 0.29) is 35.1 Å². The molecule has 4 amide bonds. The zero-order valence-corrected chi connectivity index (χ0v) is 74.6. The van der Waals surface area contributed by atoms with Gasteiger partial charge in [-0.05, 0) is 191 Å². The number of hydrogen-bond donors (Lipinski definition) is 1. The lowest BCUT2D eigenvalue weighted by atomic mass is 10.1. The number of rotatable bonds is 38. The third-order valence-electron chi connectivity index (χ3n) is 20.5. The second kappa shape index (κ2) is 50.9. The predicted molar refractivity (Wildman–Crippen MR) is 496 cm³/mol. The molecule has 666 valence electrons. The minimum absolute atomic E-state index is 0.0520. The second-order valence-corrected chi connectivity index (χ2v) is 30.1. The molecule has 13 rings (SSSR count). The smallest absolute Gasteiger partial charge is 0.337 e. The molecule has 129 heavy (non-hydrogen) atoms. The number of esters is 1. The Morgan fingerprint density at radius 2 is 0.620 bits per heavy atom. The highest BCUT2D eigenvalue weighted by atomic mass is 35.5. The molecule has 0 aliphatic heterocycles. The van der Waals surface area contributed by atoms with Gasteiger partial charge in [0.2, 0.25) is 5.91 Å². The Hall–Kier alpha value is -14.9. The van der Waals surface area contributed by atoms with Gasteiger partial charge in [0.1, 0.15) is 13.2 Å². The number of methoxy groups -OCH3 is 7. The summed E-state index contributed by atoms with van der Waals surface area (Å²) in [6, 6.07) is 85.1. The Morgan fingerprint density at radius 3 is 0.946 bits per heavy atom. The van der Waals surface area contributed by atoms with Gasteiger partial charge in [0.05, 0.1) is 71.5 Å². The number of amides is 4. The van der Waals surface area contributed by atoms with E-state index in [0.717, 1.165) is 62.6 Å². The van der Waals surface area contributed by atoms with Crippen molar-refractivity contribution in [3.05, 3.63) is 393 Å². The number of halogens is 1. The average Bonchev–Trinajstić information content (AvgIpc) is 0.835. The molecule has 1 N–H and O–H groups in total. The van der Waals surface area contributed by atoms with Gasteiger partial charge < -0.3 is 67.3 Å². The van der Waals surface area contributed by atoms with E-state index in [2.05, 4.69) is 19.9 Å². The van der Waals surface area contributed by atoms with Gasteiger partial charge >= 0.3 is 11.9 Å². The molecular weight excluding hydrogens is 1650 g/mol. The molecule has 0 atom stereocenters. The lowest BCUT2D eigenvalue weighted by Gasteiger charge is -2.25. The topological polar surface area (TPSA) is 270 Å². The Bertz CT molecular complexity index is 5700. The standard InChI is InChI=1S/C31H30N2O5.C30H28N2O5.C23H23ClN2O3.C20H26N2O3/c1-36-29-20-24(11-16-28(29)38-22-23-8-4-3-5-9-23)21-33(19-17-27-10-6-7-18-32-27)30(34)25-12-14-26(15-13-25)31(35)37-2;1-36-28-19-23(10-15-27(28)37-21-22-7-3-2-4-8-22)20-32(18-16-26-9-5-6-17-31-26)29(33)24-11-13-25(14-12-24)30(34)35;1-28-21-11-10-17(15-22(21)29-2)16-26(14-12-18-7-5-6-13-25-18)23(27)19-8-3-4-9-20(19)24;1-15(2)20(23)22(12-10-17-7-5-6-11-21-17)14-16-8-9-18(24-3)19(13-16)25-4/h3-16,18,20H,17,19,21-22H2,1-2H3;2-15,17,19H,16,18,20-21H2,1H3,(H,34,35);3-11,13,15H,12,14,16H2,1-2H3;5-9,11,13,15H,10,12,14H2,1-4H3. The fourth-order valence-electron chi connectivity index (χ4n) is 13.5. The van der Waals surface area contributed by atoms with Crippen LogP contribution in [0.2, 0.25) is 5.02 Å². The number of hydrogen-bond acceptors (Lipinski definition) is 19. The molecule has 0 aliphatic rings. The van der Waals surface area contributed by atoms with Crippen molar-refractivity contribution in [2.75, 3.05) is 75.9 Å². The minimum atomic E-state index is -1.03. The van der Waals surface area contributed by atoms with Gasteiger partial charge in [-0.25, -0.2) is 9.59 Å². The lowest BCUT2D eigenvalue weighted by molar-refractivity contribution is -0.135. The second-order valence-electron chi connectivity index (χ2n) is 29.7. The number of aromatic nitrogens is 4.